The summed E-state index contributed by atoms with van der Waals surface area (Å²) in [7, 11) is -3.64. The van der Waals surface area contributed by atoms with Crippen LogP contribution in [-0.2, 0) is 30.9 Å². The zero-order valence-electron chi connectivity index (χ0n) is 18.7. The summed E-state index contributed by atoms with van der Waals surface area (Å²) in [6, 6.07) is 4.36. The van der Waals surface area contributed by atoms with Gasteiger partial charge in [0.05, 0.1) is 17.0 Å². The first-order valence-electron chi connectivity index (χ1n) is 11.4. The number of oxazole rings is 1. The third kappa shape index (κ3) is 5.30. The molecule has 4 rings (SSSR count). The van der Waals surface area contributed by atoms with Crippen molar-refractivity contribution in [2.75, 3.05) is 32.8 Å². The normalized spacial score (nSPS) is 16.9. The molecule has 0 radical (unpaired) electrons. The highest BCUT2D eigenvalue weighted by Crippen LogP contribution is 2.30. The molecule has 2 aromatic rings. The Labute approximate surface area is 192 Å². The molecule has 0 spiro atoms. The van der Waals surface area contributed by atoms with Gasteiger partial charge in [-0.25, -0.2) is 13.2 Å². The molecule has 1 amide bonds. The Morgan fingerprint density at radius 1 is 1.21 bits per heavy atom. The molecule has 1 saturated heterocycles. The number of carbonyl (C=O) groups excluding carboxylic acids is 2. The van der Waals surface area contributed by atoms with Gasteiger partial charge in [-0.05, 0) is 50.7 Å². The molecule has 1 saturated carbocycles. The van der Waals surface area contributed by atoms with Crippen molar-refractivity contribution in [3.8, 4) is 0 Å². The van der Waals surface area contributed by atoms with Gasteiger partial charge in [-0.1, -0.05) is 0 Å². The van der Waals surface area contributed by atoms with Gasteiger partial charge >= 0.3 is 11.7 Å². The van der Waals surface area contributed by atoms with Crippen LogP contribution in [0.15, 0.2) is 32.3 Å². The first kappa shape index (κ1) is 23.5. The highest BCUT2D eigenvalue weighted by atomic mass is 32.2. The Morgan fingerprint density at radius 3 is 2.61 bits per heavy atom. The third-order valence-corrected chi connectivity index (χ3v) is 7.94. The van der Waals surface area contributed by atoms with Crippen LogP contribution in [0, 0.1) is 5.92 Å². The number of rotatable bonds is 10. The molecule has 1 aliphatic carbocycles. The SMILES string of the molecule is CCOC(=O)CN(CC1CC1)C(=O)CCn1c(=O)oc2cc(S(=O)(=O)N3CCCC3)ccc21. The minimum absolute atomic E-state index is 0.00843. The predicted octanol–water partition coefficient (Wildman–Crippen LogP) is 1.57. The Kier molecular flexibility index (Phi) is 6.89. The van der Waals surface area contributed by atoms with Crippen molar-refractivity contribution in [1.82, 2.24) is 13.8 Å². The number of nitrogens with zero attached hydrogens (tertiary/aromatic N) is 3. The van der Waals surface area contributed by atoms with Crippen LogP contribution >= 0.6 is 0 Å². The Morgan fingerprint density at radius 2 is 1.94 bits per heavy atom. The third-order valence-electron chi connectivity index (χ3n) is 6.05. The van der Waals surface area contributed by atoms with E-state index in [0.717, 1.165) is 25.7 Å². The van der Waals surface area contributed by atoms with Crippen molar-refractivity contribution in [2.45, 2.75) is 50.5 Å². The van der Waals surface area contributed by atoms with E-state index in [1.165, 1.54) is 32.0 Å². The maximum absolute atomic E-state index is 12.8. The quantitative estimate of drug-likeness (QED) is 0.475. The van der Waals surface area contributed by atoms with Crippen molar-refractivity contribution >= 4 is 33.0 Å². The van der Waals surface area contributed by atoms with E-state index in [0.29, 0.717) is 31.1 Å². The predicted molar refractivity (Wildman–Crippen MR) is 119 cm³/mol. The van der Waals surface area contributed by atoms with E-state index < -0.39 is 21.7 Å². The molecule has 11 heteroatoms. The van der Waals surface area contributed by atoms with E-state index in [9.17, 15) is 22.8 Å². The van der Waals surface area contributed by atoms with E-state index in [4.69, 9.17) is 9.15 Å². The van der Waals surface area contributed by atoms with Gasteiger partial charge in [0.15, 0.2) is 5.58 Å². The number of carbonyl (C=O) groups is 2. The van der Waals surface area contributed by atoms with Crippen molar-refractivity contribution in [3.63, 3.8) is 0 Å². The molecule has 1 aromatic carbocycles. The first-order chi connectivity index (χ1) is 15.8. The summed E-state index contributed by atoms with van der Waals surface area (Å²) < 4.78 is 38.6. The van der Waals surface area contributed by atoms with Crippen LogP contribution < -0.4 is 5.76 Å². The van der Waals surface area contributed by atoms with Crippen LogP contribution in [0.1, 0.15) is 39.0 Å². The van der Waals surface area contributed by atoms with E-state index in [2.05, 4.69) is 0 Å². The zero-order chi connectivity index (χ0) is 23.6. The van der Waals surface area contributed by atoms with Gasteiger partial charge in [0, 0.05) is 38.7 Å². The number of sulfonamides is 1. The standard InChI is InChI=1S/C22H29N3O7S/c1-2-31-21(27)15-23(14-16-5-6-16)20(26)9-12-25-18-8-7-17(13-19(18)32-22(25)28)33(29,30)24-10-3-4-11-24/h7-8,13,16H,2-6,9-12,14-15H2,1H3. The van der Waals surface area contributed by atoms with E-state index in [1.807, 2.05) is 0 Å². The summed E-state index contributed by atoms with van der Waals surface area (Å²) in [6.07, 6.45) is 3.72. The molecular formula is C22H29N3O7S. The smallest absolute Gasteiger partial charge is 0.419 e. The number of aryl methyl sites for hydroxylation is 1. The molecule has 1 aliphatic heterocycles. The minimum atomic E-state index is -3.64. The second-order valence-electron chi connectivity index (χ2n) is 8.53. The molecule has 1 aromatic heterocycles. The van der Waals surface area contributed by atoms with Crippen LogP contribution in [0.3, 0.4) is 0 Å². The molecule has 2 fully saturated rings. The maximum Gasteiger partial charge on any atom is 0.419 e. The molecule has 0 bridgehead atoms. The molecule has 0 unspecified atom stereocenters. The van der Waals surface area contributed by atoms with E-state index >= 15 is 0 Å². The van der Waals surface area contributed by atoms with Gasteiger partial charge in [0.25, 0.3) is 0 Å². The average Bonchev–Trinajstić information content (AvgIpc) is 3.29. The number of esters is 1. The number of amides is 1. The molecule has 180 valence electrons. The fraction of sp³-hybridized carbons (Fsp3) is 0.591. The summed E-state index contributed by atoms with van der Waals surface area (Å²) in [5, 5.41) is 0. The molecule has 10 nitrogen and oxygen atoms in total. The second kappa shape index (κ2) is 9.68. The van der Waals surface area contributed by atoms with Crippen molar-refractivity contribution in [2.24, 2.45) is 5.92 Å². The monoisotopic (exact) mass is 479 g/mol. The van der Waals surface area contributed by atoms with Gasteiger partial charge in [-0.3, -0.25) is 14.2 Å². The Hall–Kier alpha value is -2.66. The van der Waals surface area contributed by atoms with Gasteiger partial charge < -0.3 is 14.1 Å². The second-order valence-corrected chi connectivity index (χ2v) is 10.5. The summed E-state index contributed by atoms with van der Waals surface area (Å²) >= 11 is 0. The number of fused-ring (bicyclic) bond motifs is 1. The summed E-state index contributed by atoms with van der Waals surface area (Å²) in [4.78, 5) is 38.7. The molecule has 0 atom stereocenters. The minimum Gasteiger partial charge on any atom is -0.465 e. The fourth-order valence-electron chi connectivity index (χ4n) is 4.09. The molecule has 2 aliphatic rings. The average molecular weight is 480 g/mol. The lowest BCUT2D eigenvalue weighted by Gasteiger charge is -2.21. The number of ether oxygens (including phenoxy) is 1. The van der Waals surface area contributed by atoms with Crippen LogP contribution in [-0.4, -0.2) is 66.9 Å². The summed E-state index contributed by atoms with van der Waals surface area (Å²) in [5.41, 5.74) is 0.585. The molecule has 33 heavy (non-hydrogen) atoms. The number of aromatic nitrogens is 1. The maximum atomic E-state index is 12.8. The lowest BCUT2D eigenvalue weighted by Crippen LogP contribution is -2.38. The van der Waals surface area contributed by atoms with Crippen molar-refractivity contribution in [1.29, 1.82) is 0 Å². The fourth-order valence-corrected chi connectivity index (χ4v) is 5.62. The molecular weight excluding hydrogens is 450 g/mol. The molecule has 2 heterocycles. The molecule has 0 N–H and O–H groups in total. The highest BCUT2D eigenvalue weighted by Gasteiger charge is 2.29. The van der Waals surface area contributed by atoms with Gasteiger partial charge in [0.2, 0.25) is 15.9 Å². The van der Waals surface area contributed by atoms with Crippen molar-refractivity contribution in [3.05, 3.63) is 28.7 Å². The van der Waals surface area contributed by atoms with Crippen LogP contribution in [0.5, 0.6) is 0 Å². The summed E-state index contributed by atoms with van der Waals surface area (Å²) in [6.45, 7) is 3.37. The van der Waals surface area contributed by atoms with E-state index in [-0.39, 0.29) is 42.5 Å². The van der Waals surface area contributed by atoms with Crippen molar-refractivity contribution < 1.29 is 27.2 Å². The van der Waals surface area contributed by atoms with Crippen LogP contribution in [0.4, 0.5) is 0 Å². The van der Waals surface area contributed by atoms with E-state index in [1.54, 1.807) is 6.92 Å². The lowest BCUT2D eigenvalue weighted by molar-refractivity contribution is -0.149. The van der Waals surface area contributed by atoms with Gasteiger partial charge in [-0.15, -0.1) is 0 Å². The topological polar surface area (TPSA) is 119 Å². The number of hydrogen-bond acceptors (Lipinski definition) is 7. The lowest BCUT2D eigenvalue weighted by atomic mass is 10.3. The number of hydrogen-bond donors (Lipinski definition) is 0. The largest absolute Gasteiger partial charge is 0.465 e. The Balaban J connectivity index is 1.48. The Bertz CT molecular complexity index is 1190. The van der Waals surface area contributed by atoms with Crippen LogP contribution in [0.2, 0.25) is 0 Å². The summed E-state index contributed by atoms with van der Waals surface area (Å²) in [5.74, 6) is -0.960. The zero-order valence-corrected chi connectivity index (χ0v) is 19.5. The van der Waals surface area contributed by atoms with Gasteiger partial charge in [0.1, 0.15) is 6.54 Å². The van der Waals surface area contributed by atoms with Crippen LogP contribution in [0.25, 0.3) is 11.1 Å². The number of benzene rings is 1. The van der Waals surface area contributed by atoms with Gasteiger partial charge in [-0.2, -0.15) is 4.31 Å². The first-order valence-corrected chi connectivity index (χ1v) is 12.8. The highest BCUT2D eigenvalue weighted by molar-refractivity contribution is 7.89.